The summed E-state index contributed by atoms with van der Waals surface area (Å²) in [6, 6.07) is 20.1. The van der Waals surface area contributed by atoms with Crippen molar-refractivity contribution < 1.29 is 9.53 Å². The summed E-state index contributed by atoms with van der Waals surface area (Å²) in [4.78, 5) is 25.6. The van der Waals surface area contributed by atoms with E-state index in [1.165, 1.54) is 6.33 Å². The summed E-state index contributed by atoms with van der Waals surface area (Å²) in [6.45, 7) is 7.86. The zero-order valence-electron chi connectivity index (χ0n) is 22.0. The zero-order chi connectivity index (χ0) is 27.3. The minimum Gasteiger partial charge on any atom is -0.383 e. The number of aromatic nitrogens is 4. The minimum absolute atomic E-state index is 0.198. The van der Waals surface area contributed by atoms with E-state index in [4.69, 9.17) is 10.5 Å². The zero-order valence-corrected chi connectivity index (χ0v) is 22.0. The summed E-state index contributed by atoms with van der Waals surface area (Å²) in [5, 5.41) is 3.66. The van der Waals surface area contributed by atoms with Gasteiger partial charge in [-0.2, -0.15) is 0 Å². The van der Waals surface area contributed by atoms with Crippen LogP contribution < -0.4 is 11.1 Å². The van der Waals surface area contributed by atoms with E-state index in [-0.39, 0.29) is 12.0 Å². The van der Waals surface area contributed by atoms with Crippen LogP contribution in [0.25, 0.3) is 33.4 Å². The largest absolute Gasteiger partial charge is 0.383 e. The van der Waals surface area contributed by atoms with E-state index >= 15 is 0 Å². The molecule has 194 valence electrons. The Balaban J connectivity index is 1.47. The second-order valence-electron chi connectivity index (χ2n) is 9.86. The lowest BCUT2D eigenvalue weighted by Gasteiger charge is -2.13. The number of hydrogen-bond donors (Lipinski definition) is 2. The van der Waals surface area contributed by atoms with Crippen molar-refractivity contribution in [3.63, 3.8) is 0 Å². The van der Waals surface area contributed by atoms with Gasteiger partial charge in [0.15, 0.2) is 0 Å². The fraction of sp³-hybridized carbons (Fsp3) is 0.161. The highest BCUT2D eigenvalue weighted by atomic mass is 16.5. The molecule has 8 nitrogen and oxygen atoms in total. The molecule has 0 fully saturated rings. The number of amides is 1. The van der Waals surface area contributed by atoms with E-state index in [0.717, 1.165) is 55.9 Å². The molecule has 5 aromatic rings. The molecule has 3 aromatic heterocycles. The average molecular weight is 517 g/mol. The van der Waals surface area contributed by atoms with Gasteiger partial charge in [-0.05, 0) is 66.4 Å². The molecular weight excluding hydrogens is 488 g/mol. The molecule has 0 saturated heterocycles. The molecule has 3 N–H and O–H groups in total. The van der Waals surface area contributed by atoms with Crippen molar-refractivity contribution >= 4 is 28.4 Å². The molecular formula is C31H28N6O2. The van der Waals surface area contributed by atoms with Gasteiger partial charge in [-0.25, -0.2) is 9.97 Å². The molecule has 6 rings (SSSR count). The molecule has 2 aromatic carbocycles. The highest BCUT2D eigenvalue weighted by Crippen LogP contribution is 2.44. The Hall–Kier alpha value is -4.82. The van der Waals surface area contributed by atoms with Crippen LogP contribution in [0.1, 0.15) is 35.5 Å². The molecule has 1 amide bonds. The summed E-state index contributed by atoms with van der Waals surface area (Å²) >= 11 is 0. The van der Waals surface area contributed by atoms with Gasteiger partial charge in [0.2, 0.25) is 0 Å². The van der Waals surface area contributed by atoms with Gasteiger partial charge in [-0.15, -0.1) is 0 Å². The van der Waals surface area contributed by atoms with E-state index < -0.39 is 0 Å². The number of nitrogens with zero attached hydrogens (tertiary/aromatic N) is 4. The quantitative estimate of drug-likeness (QED) is 0.289. The first-order valence-electron chi connectivity index (χ1n) is 12.7. The first-order valence-corrected chi connectivity index (χ1v) is 12.7. The number of rotatable bonds is 5. The number of benzene rings is 2. The third-order valence-electron chi connectivity index (χ3n) is 7.10. The molecule has 0 saturated carbocycles. The van der Waals surface area contributed by atoms with Gasteiger partial charge in [0, 0.05) is 29.6 Å². The van der Waals surface area contributed by atoms with Crippen LogP contribution in [0.4, 0.5) is 11.5 Å². The van der Waals surface area contributed by atoms with Crippen LogP contribution in [0.15, 0.2) is 79.1 Å². The number of fused-ring (bicyclic) bond motifs is 2. The maximum atomic E-state index is 12.1. The second kappa shape index (κ2) is 9.49. The minimum atomic E-state index is -0.212. The first-order chi connectivity index (χ1) is 18.8. The number of ether oxygens (including phenoxy) is 1. The van der Waals surface area contributed by atoms with E-state index in [1.807, 2.05) is 61.0 Å². The summed E-state index contributed by atoms with van der Waals surface area (Å²) < 4.78 is 8.23. The lowest BCUT2D eigenvalue weighted by molar-refractivity contribution is -0.112. The molecule has 0 radical (unpaired) electrons. The normalized spacial score (nSPS) is 14.4. The number of aryl methyl sites for hydroxylation is 2. The van der Waals surface area contributed by atoms with Crippen LogP contribution in [-0.4, -0.2) is 25.4 Å². The maximum Gasteiger partial charge on any atom is 0.250 e. The standard InChI is InChI=1S/C31H28N6O2/c1-17(2)31(38)36-22-11-8-19(9-12-22)27-25(26-29(32)33-16-34-30(26)37(27)4)20-10-13-23-21(14-20)15-39-28(23)24-7-5-6-18(3)35-24/h5-14,16,28H,1,15H2,2-4H3,(H,36,38)(H2,32,33,34)/t28-/m1/s1. The van der Waals surface area contributed by atoms with Gasteiger partial charge < -0.3 is 20.4 Å². The van der Waals surface area contributed by atoms with Crippen LogP contribution in [0.5, 0.6) is 0 Å². The number of carbonyl (C=O) groups is 1. The molecule has 0 bridgehead atoms. The molecule has 1 atom stereocenters. The van der Waals surface area contributed by atoms with E-state index in [9.17, 15) is 4.79 Å². The van der Waals surface area contributed by atoms with Gasteiger partial charge in [-0.3, -0.25) is 9.78 Å². The fourth-order valence-corrected chi connectivity index (χ4v) is 5.20. The molecule has 0 aliphatic carbocycles. The van der Waals surface area contributed by atoms with E-state index in [2.05, 4.69) is 45.0 Å². The molecule has 8 heteroatoms. The van der Waals surface area contributed by atoms with Crippen LogP contribution >= 0.6 is 0 Å². The monoisotopic (exact) mass is 516 g/mol. The summed E-state index contributed by atoms with van der Waals surface area (Å²) in [5.74, 6) is 0.205. The number of carbonyl (C=O) groups excluding carboxylic acids is 1. The Morgan fingerprint density at radius 3 is 2.62 bits per heavy atom. The highest BCUT2D eigenvalue weighted by Gasteiger charge is 2.28. The van der Waals surface area contributed by atoms with Crippen molar-refractivity contribution in [2.24, 2.45) is 7.05 Å². The topological polar surface area (TPSA) is 108 Å². The second-order valence-corrected chi connectivity index (χ2v) is 9.86. The smallest absolute Gasteiger partial charge is 0.250 e. The van der Waals surface area contributed by atoms with Crippen LogP contribution in [0, 0.1) is 6.92 Å². The van der Waals surface area contributed by atoms with Gasteiger partial charge in [-0.1, -0.05) is 36.9 Å². The summed E-state index contributed by atoms with van der Waals surface area (Å²) in [7, 11) is 1.97. The number of hydrogen-bond acceptors (Lipinski definition) is 6. The molecule has 1 aliphatic rings. The van der Waals surface area contributed by atoms with Crippen LogP contribution in [0.3, 0.4) is 0 Å². The lowest BCUT2D eigenvalue weighted by Crippen LogP contribution is -2.11. The van der Waals surface area contributed by atoms with Gasteiger partial charge >= 0.3 is 0 Å². The number of nitrogens with one attached hydrogen (secondary N) is 1. The van der Waals surface area contributed by atoms with Crippen LogP contribution in [-0.2, 0) is 23.2 Å². The number of pyridine rings is 1. The number of nitrogen functional groups attached to an aromatic ring is 1. The van der Waals surface area contributed by atoms with E-state index in [1.54, 1.807) is 6.92 Å². The van der Waals surface area contributed by atoms with Crippen molar-refractivity contribution in [2.75, 3.05) is 11.1 Å². The van der Waals surface area contributed by atoms with Crippen LogP contribution in [0.2, 0.25) is 0 Å². The Morgan fingerprint density at radius 2 is 1.87 bits per heavy atom. The van der Waals surface area contributed by atoms with Crippen molar-refractivity contribution in [1.82, 2.24) is 19.5 Å². The third kappa shape index (κ3) is 4.24. The Bertz CT molecular complexity index is 1770. The highest BCUT2D eigenvalue weighted by molar-refractivity contribution is 6.08. The predicted octanol–water partition coefficient (Wildman–Crippen LogP) is 5.72. The predicted molar refractivity (Wildman–Crippen MR) is 153 cm³/mol. The third-order valence-corrected chi connectivity index (χ3v) is 7.10. The number of nitrogens with two attached hydrogens (primary N) is 1. The molecule has 0 spiro atoms. The Kier molecular flexibility index (Phi) is 5.96. The first kappa shape index (κ1) is 24.5. The van der Waals surface area contributed by atoms with Crippen molar-refractivity contribution in [1.29, 1.82) is 0 Å². The average Bonchev–Trinajstić information content (AvgIpc) is 3.48. The van der Waals surface area contributed by atoms with Gasteiger partial charge in [0.1, 0.15) is 23.9 Å². The fourth-order valence-electron chi connectivity index (χ4n) is 5.20. The van der Waals surface area contributed by atoms with Gasteiger partial charge in [0.25, 0.3) is 5.91 Å². The molecule has 39 heavy (non-hydrogen) atoms. The maximum absolute atomic E-state index is 12.1. The van der Waals surface area contributed by atoms with Crippen molar-refractivity contribution in [3.8, 4) is 22.4 Å². The van der Waals surface area contributed by atoms with Crippen molar-refractivity contribution in [2.45, 2.75) is 26.6 Å². The Morgan fingerprint density at radius 1 is 1.10 bits per heavy atom. The Labute approximate surface area is 226 Å². The SMILES string of the molecule is C=C(C)C(=O)Nc1ccc(-c2c(-c3ccc4c(c3)CO[C@H]4c3cccc(C)n3)c3c(N)ncnc3n2C)cc1. The molecule has 1 aliphatic heterocycles. The van der Waals surface area contributed by atoms with Crippen molar-refractivity contribution in [3.05, 3.63) is 102 Å². The molecule has 4 heterocycles. The lowest BCUT2D eigenvalue weighted by atomic mass is 9.94. The van der Waals surface area contributed by atoms with E-state index in [0.29, 0.717) is 23.7 Å². The summed E-state index contributed by atoms with van der Waals surface area (Å²) in [6.07, 6.45) is 1.29. The molecule has 0 unspecified atom stereocenters. The number of anilines is 2. The van der Waals surface area contributed by atoms with Gasteiger partial charge in [0.05, 0.1) is 23.4 Å². The summed E-state index contributed by atoms with van der Waals surface area (Å²) in [5.41, 5.74) is 16.3.